The molecule has 168 valence electrons. The fraction of sp³-hybridized carbons (Fsp3) is 0.120. The van der Waals surface area contributed by atoms with Gasteiger partial charge in [0, 0.05) is 6.42 Å². The molecule has 1 heterocycles. The number of ether oxygens (including phenoxy) is 2. The molecule has 0 saturated heterocycles. The Labute approximate surface area is 193 Å². The van der Waals surface area contributed by atoms with Crippen LogP contribution in [0, 0.1) is 0 Å². The quantitative estimate of drug-likeness (QED) is 0.334. The first-order chi connectivity index (χ1) is 16.0. The minimum absolute atomic E-state index is 0.0723. The van der Waals surface area contributed by atoms with Crippen molar-refractivity contribution in [2.75, 3.05) is 6.61 Å². The molecule has 0 aliphatic carbocycles. The van der Waals surface area contributed by atoms with Crippen molar-refractivity contribution in [3.8, 4) is 17.4 Å². The highest BCUT2D eigenvalue weighted by Crippen LogP contribution is 2.25. The van der Waals surface area contributed by atoms with Gasteiger partial charge in [0.05, 0.1) is 10.4 Å². The van der Waals surface area contributed by atoms with E-state index >= 15 is 0 Å². The van der Waals surface area contributed by atoms with E-state index in [4.69, 9.17) is 9.47 Å². The summed E-state index contributed by atoms with van der Waals surface area (Å²) in [7, 11) is 0. The highest BCUT2D eigenvalue weighted by Gasteiger charge is 2.19. The number of benzene rings is 3. The molecule has 33 heavy (non-hydrogen) atoms. The molecule has 0 amide bonds. The fourth-order valence-electron chi connectivity index (χ4n) is 3.19. The zero-order valence-corrected chi connectivity index (χ0v) is 18.2. The molecule has 0 bridgehead atoms. The van der Waals surface area contributed by atoms with Gasteiger partial charge >= 0.3 is 10.8 Å². The number of rotatable bonds is 8. The molecule has 1 unspecified atom stereocenters. The largest absolute Gasteiger partial charge is 0.508 e. The first-order valence-corrected chi connectivity index (χ1v) is 11.0. The SMILES string of the molecule is O=C(OC(COc1ccc(Cc2sc(=O)[nH]c2O)cc1)c1ccc(O)cc1)c1ccccc1. The number of carbonyl (C=O) groups is 1. The van der Waals surface area contributed by atoms with Gasteiger partial charge in [-0.2, -0.15) is 0 Å². The third-order valence-electron chi connectivity index (χ3n) is 4.91. The van der Waals surface area contributed by atoms with Crippen molar-refractivity contribution in [1.29, 1.82) is 0 Å². The molecule has 0 fully saturated rings. The minimum atomic E-state index is -0.688. The molecule has 0 saturated carbocycles. The number of esters is 1. The highest BCUT2D eigenvalue weighted by atomic mass is 32.1. The summed E-state index contributed by atoms with van der Waals surface area (Å²) in [5, 5.41) is 19.3. The van der Waals surface area contributed by atoms with Gasteiger partial charge in [-0.1, -0.05) is 53.8 Å². The zero-order valence-electron chi connectivity index (χ0n) is 17.4. The summed E-state index contributed by atoms with van der Waals surface area (Å²) in [5.41, 5.74) is 2.02. The molecule has 4 aromatic rings. The van der Waals surface area contributed by atoms with Crippen molar-refractivity contribution in [3.05, 3.63) is 110 Å². The average molecular weight is 464 g/mol. The number of thiazole rings is 1. The number of aromatic nitrogens is 1. The third-order valence-corrected chi connectivity index (χ3v) is 5.79. The first-order valence-electron chi connectivity index (χ1n) is 10.2. The number of phenols is 1. The van der Waals surface area contributed by atoms with E-state index in [1.165, 1.54) is 12.1 Å². The molecule has 0 aliphatic heterocycles. The van der Waals surface area contributed by atoms with Gasteiger partial charge in [0.1, 0.15) is 18.1 Å². The lowest BCUT2D eigenvalue weighted by Gasteiger charge is -2.19. The van der Waals surface area contributed by atoms with Crippen LogP contribution in [0.4, 0.5) is 0 Å². The second kappa shape index (κ2) is 10.1. The van der Waals surface area contributed by atoms with E-state index in [9.17, 15) is 19.8 Å². The molecule has 0 spiro atoms. The van der Waals surface area contributed by atoms with Crippen LogP contribution in [0.2, 0.25) is 0 Å². The summed E-state index contributed by atoms with van der Waals surface area (Å²) in [4.78, 5) is 26.5. The van der Waals surface area contributed by atoms with E-state index in [0.29, 0.717) is 28.2 Å². The first kappa shape index (κ1) is 22.2. The van der Waals surface area contributed by atoms with Crippen LogP contribution in [0.25, 0.3) is 0 Å². The Morgan fingerprint density at radius 2 is 1.64 bits per heavy atom. The van der Waals surface area contributed by atoms with Gasteiger partial charge in [-0.15, -0.1) is 0 Å². The topological polar surface area (TPSA) is 109 Å². The van der Waals surface area contributed by atoms with Crippen LogP contribution >= 0.6 is 11.3 Å². The van der Waals surface area contributed by atoms with Gasteiger partial charge in [-0.25, -0.2) is 4.79 Å². The van der Waals surface area contributed by atoms with E-state index in [1.54, 1.807) is 48.5 Å². The van der Waals surface area contributed by atoms with Crippen LogP contribution in [-0.2, 0) is 11.2 Å². The molecule has 1 atom stereocenters. The van der Waals surface area contributed by atoms with E-state index in [2.05, 4.69) is 4.98 Å². The van der Waals surface area contributed by atoms with Crippen LogP contribution in [0.15, 0.2) is 83.7 Å². The number of phenolic OH excluding ortho intramolecular Hbond substituents is 1. The van der Waals surface area contributed by atoms with Crippen LogP contribution in [-0.4, -0.2) is 27.8 Å². The molecular formula is C25H21NO6S. The lowest BCUT2D eigenvalue weighted by molar-refractivity contribution is 0.0168. The zero-order chi connectivity index (χ0) is 23.2. The van der Waals surface area contributed by atoms with Crippen molar-refractivity contribution in [2.24, 2.45) is 0 Å². The Kier molecular flexibility index (Phi) is 6.75. The lowest BCUT2D eigenvalue weighted by Crippen LogP contribution is -2.18. The Morgan fingerprint density at radius 1 is 0.939 bits per heavy atom. The summed E-state index contributed by atoms with van der Waals surface area (Å²) in [6, 6.07) is 22.3. The maximum Gasteiger partial charge on any atom is 0.338 e. The number of carbonyl (C=O) groups excluding carboxylic acids is 1. The van der Waals surface area contributed by atoms with Crippen molar-refractivity contribution >= 4 is 17.3 Å². The van der Waals surface area contributed by atoms with E-state index in [1.807, 2.05) is 18.2 Å². The van der Waals surface area contributed by atoms with Crippen LogP contribution in [0.3, 0.4) is 0 Å². The molecule has 7 nitrogen and oxygen atoms in total. The van der Waals surface area contributed by atoms with Gasteiger partial charge in [-0.3, -0.25) is 9.78 Å². The summed E-state index contributed by atoms with van der Waals surface area (Å²) in [6.07, 6.45) is -0.271. The molecule has 8 heteroatoms. The van der Waals surface area contributed by atoms with Crippen LogP contribution < -0.4 is 9.61 Å². The predicted octanol–water partition coefficient (Wildman–Crippen LogP) is 4.42. The van der Waals surface area contributed by atoms with Gasteiger partial charge < -0.3 is 19.7 Å². The van der Waals surface area contributed by atoms with Gasteiger partial charge in [0.2, 0.25) is 5.88 Å². The highest BCUT2D eigenvalue weighted by molar-refractivity contribution is 7.09. The van der Waals surface area contributed by atoms with Crippen LogP contribution in [0.5, 0.6) is 17.4 Å². The van der Waals surface area contributed by atoms with E-state index in [0.717, 1.165) is 16.9 Å². The Bertz CT molecular complexity index is 1260. The maximum atomic E-state index is 12.6. The number of nitrogens with one attached hydrogen (secondary N) is 1. The van der Waals surface area contributed by atoms with E-state index < -0.39 is 12.1 Å². The average Bonchev–Trinajstić information content (AvgIpc) is 3.15. The normalized spacial score (nSPS) is 11.6. The van der Waals surface area contributed by atoms with E-state index in [-0.39, 0.29) is 23.1 Å². The van der Waals surface area contributed by atoms with Gasteiger partial charge in [0.15, 0.2) is 6.10 Å². The number of aromatic amines is 1. The third kappa shape index (κ3) is 5.81. The molecule has 3 N–H and O–H groups in total. The van der Waals surface area contributed by atoms with Crippen LogP contribution in [0.1, 0.15) is 32.5 Å². The van der Waals surface area contributed by atoms with Gasteiger partial charge in [0.25, 0.3) is 0 Å². The standard InChI is InChI=1S/C25H21NO6S/c27-19-10-8-17(9-11-19)21(32-24(29)18-4-2-1-3-5-18)15-31-20-12-6-16(7-13-20)14-22-23(28)26-25(30)33-22/h1-13,21,27-28H,14-15H2,(H,26,30). The second-order valence-corrected chi connectivity index (χ2v) is 8.34. The Morgan fingerprint density at radius 3 is 2.27 bits per heavy atom. The smallest absolute Gasteiger partial charge is 0.338 e. The lowest BCUT2D eigenvalue weighted by atomic mass is 10.1. The minimum Gasteiger partial charge on any atom is -0.508 e. The molecule has 0 radical (unpaired) electrons. The molecule has 3 aromatic carbocycles. The molecule has 0 aliphatic rings. The number of hydrogen-bond acceptors (Lipinski definition) is 7. The maximum absolute atomic E-state index is 12.6. The Hall–Kier alpha value is -4.04. The number of aromatic hydroxyl groups is 2. The summed E-state index contributed by atoms with van der Waals surface area (Å²) >= 11 is 0.971. The summed E-state index contributed by atoms with van der Waals surface area (Å²) in [6.45, 7) is 0.0723. The monoisotopic (exact) mass is 463 g/mol. The van der Waals surface area contributed by atoms with Crippen molar-refractivity contribution in [1.82, 2.24) is 4.98 Å². The second-order valence-electron chi connectivity index (χ2n) is 7.27. The fourth-order valence-corrected chi connectivity index (χ4v) is 3.95. The molecule has 1 aromatic heterocycles. The molecule has 4 rings (SSSR count). The molecular weight excluding hydrogens is 442 g/mol. The van der Waals surface area contributed by atoms with Crippen molar-refractivity contribution in [3.63, 3.8) is 0 Å². The predicted molar refractivity (Wildman–Crippen MR) is 124 cm³/mol. The van der Waals surface area contributed by atoms with Gasteiger partial charge in [-0.05, 0) is 47.5 Å². The van der Waals surface area contributed by atoms with Crippen molar-refractivity contribution in [2.45, 2.75) is 12.5 Å². The number of H-pyrrole nitrogens is 1. The number of hydrogen-bond donors (Lipinski definition) is 3. The summed E-state index contributed by atoms with van der Waals surface area (Å²) < 4.78 is 11.6. The Balaban J connectivity index is 1.44. The summed E-state index contributed by atoms with van der Waals surface area (Å²) in [5.74, 6) is 0.104. The van der Waals surface area contributed by atoms with Crippen molar-refractivity contribution < 1.29 is 24.5 Å².